The Morgan fingerprint density at radius 2 is 1.94 bits per heavy atom. The van der Waals surface area contributed by atoms with Crippen molar-refractivity contribution in [3.63, 3.8) is 0 Å². The molecule has 3 aromatic rings. The van der Waals surface area contributed by atoms with Crippen molar-refractivity contribution in [3.8, 4) is 11.4 Å². The fourth-order valence-electron chi connectivity index (χ4n) is 1.78. The van der Waals surface area contributed by atoms with Gasteiger partial charge in [-0.2, -0.15) is 0 Å². The summed E-state index contributed by atoms with van der Waals surface area (Å²) in [6.45, 7) is 2.05. The molecule has 0 unspecified atom stereocenters. The summed E-state index contributed by atoms with van der Waals surface area (Å²) in [6, 6.07) is 13.6. The van der Waals surface area contributed by atoms with Crippen molar-refractivity contribution >= 4 is 17.2 Å². The maximum Gasteiger partial charge on any atom is 0.182 e. The molecule has 3 nitrogen and oxygen atoms in total. The second-order valence-electron chi connectivity index (χ2n) is 3.92. The highest BCUT2D eigenvalue weighted by molar-refractivity contribution is 6.29. The normalized spacial score (nSPS) is 10.9. The summed E-state index contributed by atoms with van der Waals surface area (Å²) >= 11 is 6.05. The highest BCUT2D eigenvalue weighted by Gasteiger charge is 2.07. The number of aryl methyl sites for hydroxylation is 1. The van der Waals surface area contributed by atoms with Crippen molar-refractivity contribution in [3.05, 3.63) is 53.2 Å². The molecule has 0 atom stereocenters. The van der Waals surface area contributed by atoms with Crippen LogP contribution in [-0.2, 0) is 0 Å². The minimum atomic E-state index is 0.564. The highest BCUT2D eigenvalue weighted by Crippen LogP contribution is 2.19. The Morgan fingerprint density at radius 3 is 2.71 bits per heavy atom. The summed E-state index contributed by atoms with van der Waals surface area (Å²) in [6.07, 6.45) is 0. The smallest absolute Gasteiger partial charge is 0.182 e. The number of nitrogens with zero attached hydrogens (tertiary/aromatic N) is 3. The van der Waals surface area contributed by atoms with Gasteiger partial charge in [0.25, 0.3) is 0 Å². The molecule has 0 spiro atoms. The summed E-state index contributed by atoms with van der Waals surface area (Å²) in [7, 11) is 0. The molecule has 3 rings (SSSR count). The second kappa shape index (κ2) is 3.86. The number of halogens is 1. The fourth-order valence-corrected chi connectivity index (χ4v) is 1.98. The van der Waals surface area contributed by atoms with Crippen molar-refractivity contribution < 1.29 is 0 Å². The standard InChI is InChI=1S/C13H10ClN3/c1-9-4-2-5-10(8-9)13-15-12-7-3-6-11(14)17(12)16-13/h2-8H,1H3. The van der Waals surface area contributed by atoms with E-state index in [1.165, 1.54) is 5.56 Å². The Labute approximate surface area is 104 Å². The van der Waals surface area contributed by atoms with Gasteiger partial charge in [-0.15, -0.1) is 5.10 Å². The van der Waals surface area contributed by atoms with Gasteiger partial charge in [-0.25, -0.2) is 9.50 Å². The fraction of sp³-hybridized carbons (Fsp3) is 0.0769. The van der Waals surface area contributed by atoms with E-state index in [1.54, 1.807) is 10.6 Å². The van der Waals surface area contributed by atoms with Crippen LogP contribution in [0, 0.1) is 6.92 Å². The third kappa shape index (κ3) is 1.78. The van der Waals surface area contributed by atoms with E-state index in [9.17, 15) is 0 Å². The van der Waals surface area contributed by atoms with E-state index < -0.39 is 0 Å². The first kappa shape index (κ1) is 10.3. The maximum absolute atomic E-state index is 6.05. The minimum absolute atomic E-state index is 0.564. The summed E-state index contributed by atoms with van der Waals surface area (Å²) in [5.41, 5.74) is 2.95. The largest absolute Gasteiger partial charge is 0.207 e. The van der Waals surface area contributed by atoms with Crippen molar-refractivity contribution in [2.45, 2.75) is 6.92 Å². The summed E-state index contributed by atoms with van der Waals surface area (Å²) in [4.78, 5) is 4.45. The topological polar surface area (TPSA) is 30.2 Å². The molecule has 0 aliphatic carbocycles. The maximum atomic E-state index is 6.05. The van der Waals surface area contributed by atoms with E-state index in [2.05, 4.69) is 16.1 Å². The molecule has 0 radical (unpaired) electrons. The molecule has 0 aliphatic rings. The molecule has 0 bridgehead atoms. The number of fused-ring (bicyclic) bond motifs is 1. The molecular weight excluding hydrogens is 234 g/mol. The minimum Gasteiger partial charge on any atom is -0.207 e. The van der Waals surface area contributed by atoms with E-state index in [4.69, 9.17) is 11.6 Å². The lowest BCUT2D eigenvalue weighted by Gasteiger charge is -1.96. The van der Waals surface area contributed by atoms with Crippen LogP contribution >= 0.6 is 11.6 Å². The van der Waals surface area contributed by atoms with Gasteiger partial charge in [0.2, 0.25) is 0 Å². The summed E-state index contributed by atoms with van der Waals surface area (Å²) in [5, 5.41) is 4.96. The SMILES string of the molecule is Cc1cccc(-c2nc3cccc(Cl)n3n2)c1. The van der Waals surface area contributed by atoms with Gasteiger partial charge in [0.05, 0.1) is 0 Å². The highest BCUT2D eigenvalue weighted by atomic mass is 35.5. The lowest BCUT2D eigenvalue weighted by atomic mass is 10.1. The van der Waals surface area contributed by atoms with Crippen LogP contribution in [0.1, 0.15) is 5.56 Å². The van der Waals surface area contributed by atoms with E-state index in [1.807, 2.05) is 37.3 Å². The van der Waals surface area contributed by atoms with Crippen LogP contribution in [0.3, 0.4) is 0 Å². The molecule has 84 valence electrons. The average Bonchev–Trinajstić information content (AvgIpc) is 2.74. The zero-order valence-corrected chi connectivity index (χ0v) is 10.0. The van der Waals surface area contributed by atoms with Crippen molar-refractivity contribution in [2.24, 2.45) is 0 Å². The van der Waals surface area contributed by atoms with Gasteiger partial charge in [-0.05, 0) is 25.1 Å². The Balaban J connectivity index is 2.22. The first-order valence-corrected chi connectivity index (χ1v) is 5.70. The average molecular weight is 244 g/mol. The summed E-state index contributed by atoms with van der Waals surface area (Å²) < 4.78 is 1.64. The van der Waals surface area contributed by atoms with E-state index in [-0.39, 0.29) is 0 Å². The van der Waals surface area contributed by atoms with Crippen LogP contribution in [0.15, 0.2) is 42.5 Å². The van der Waals surface area contributed by atoms with Crippen LogP contribution in [0.4, 0.5) is 0 Å². The number of aromatic nitrogens is 3. The van der Waals surface area contributed by atoms with Gasteiger partial charge < -0.3 is 0 Å². The lowest BCUT2D eigenvalue weighted by molar-refractivity contribution is 0.966. The van der Waals surface area contributed by atoms with Crippen LogP contribution in [-0.4, -0.2) is 14.6 Å². The van der Waals surface area contributed by atoms with E-state index >= 15 is 0 Å². The first-order valence-electron chi connectivity index (χ1n) is 5.32. The summed E-state index contributed by atoms with van der Waals surface area (Å²) in [5.74, 6) is 0.696. The molecule has 4 heteroatoms. The molecule has 0 N–H and O–H groups in total. The zero-order valence-electron chi connectivity index (χ0n) is 9.26. The molecule has 0 amide bonds. The molecule has 1 aromatic carbocycles. The Bertz CT molecular complexity index is 688. The number of benzene rings is 1. The Morgan fingerprint density at radius 1 is 1.12 bits per heavy atom. The quantitative estimate of drug-likeness (QED) is 0.614. The second-order valence-corrected chi connectivity index (χ2v) is 4.31. The lowest BCUT2D eigenvalue weighted by Crippen LogP contribution is -1.88. The van der Waals surface area contributed by atoms with Crippen LogP contribution in [0.25, 0.3) is 17.0 Å². The monoisotopic (exact) mass is 243 g/mol. The van der Waals surface area contributed by atoms with E-state index in [0.29, 0.717) is 11.0 Å². The van der Waals surface area contributed by atoms with Crippen LogP contribution in [0.2, 0.25) is 5.15 Å². The van der Waals surface area contributed by atoms with Gasteiger partial charge in [0.1, 0.15) is 5.15 Å². The number of hydrogen-bond donors (Lipinski definition) is 0. The predicted octanol–water partition coefficient (Wildman–Crippen LogP) is 3.36. The molecule has 17 heavy (non-hydrogen) atoms. The van der Waals surface area contributed by atoms with Gasteiger partial charge in [0.15, 0.2) is 11.5 Å². The van der Waals surface area contributed by atoms with Gasteiger partial charge in [0, 0.05) is 5.56 Å². The molecule has 0 saturated carbocycles. The Hall–Kier alpha value is -1.87. The number of rotatable bonds is 1. The van der Waals surface area contributed by atoms with Gasteiger partial charge >= 0.3 is 0 Å². The van der Waals surface area contributed by atoms with Crippen LogP contribution < -0.4 is 0 Å². The van der Waals surface area contributed by atoms with Crippen LogP contribution in [0.5, 0.6) is 0 Å². The zero-order chi connectivity index (χ0) is 11.8. The number of pyridine rings is 1. The van der Waals surface area contributed by atoms with Crippen molar-refractivity contribution in [1.29, 1.82) is 0 Å². The first-order chi connectivity index (χ1) is 8.24. The molecular formula is C13H10ClN3. The predicted molar refractivity (Wildman–Crippen MR) is 68.2 cm³/mol. The van der Waals surface area contributed by atoms with E-state index in [0.717, 1.165) is 11.2 Å². The molecule has 0 saturated heterocycles. The van der Waals surface area contributed by atoms with Gasteiger partial charge in [-0.3, -0.25) is 0 Å². The molecule has 0 aliphatic heterocycles. The number of hydrogen-bond acceptors (Lipinski definition) is 2. The molecule has 2 aromatic heterocycles. The Kier molecular flexibility index (Phi) is 2.34. The van der Waals surface area contributed by atoms with Crippen molar-refractivity contribution in [1.82, 2.24) is 14.6 Å². The molecule has 2 heterocycles. The third-order valence-corrected chi connectivity index (χ3v) is 2.88. The molecule has 0 fully saturated rings. The van der Waals surface area contributed by atoms with Crippen molar-refractivity contribution in [2.75, 3.05) is 0 Å². The van der Waals surface area contributed by atoms with Gasteiger partial charge in [-0.1, -0.05) is 41.4 Å². The third-order valence-electron chi connectivity index (χ3n) is 2.59.